The molecule has 2 N–H and O–H groups in total. The number of halogens is 4. The van der Waals surface area contributed by atoms with Gasteiger partial charge in [-0.1, -0.05) is 12.1 Å². The fourth-order valence-corrected chi connectivity index (χ4v) is 3.89. The van der Waals surface area contributed by atoms with Crippen LogP contribution >= 0.6 is 0 Å². The number of rotatable bonds is 5. The van der Waals surface area contributed by atoms with Crippen LogP contribution in [0.4, 0.5) is 23.2 Å². The van der Waals surface area contributed by atoms with Gasteiger partial charge in [-0.3, -0.25) is 9.78 Å². The van der Waals surface area contributed by atoms with Gasteiger partial charge < -0.3 is 10.3 Å². The number of alkyl halides is 3. The number of nitriles is 1. The third kappa shape index (κ3) is 5.19. The molecule has 0 aliphatic carbocycles. The molecule has 1 amide bonds. The number of pyridine rings is 3. The summed E-state index contributed by atoms with van der Waals surface area (Å²) < 4.78 is 53.6. The molecule has 0 aliphatic heterocycles. The van der Waals surface area contributed by atoms with E-state index in [-0.39, 0.29) is 17.7 Å². The zero-order valence-corrected chi connectivity index (χ0v) is 19.3. The van der Waals surface area contributed by atoms with Crippen LogP contribution in [0.25, 0.3) is 33.4 Å². The molecule has 0 saturated heterocycles. The van der Waals surface area contributed by atoms with Crippen molar-refractivity contribution in [3.05, 3.63) is 96.0 Å². The largest absolute Gasteiger partial charge is 0.417 e. The van der Waals surface area contributed by atoms with E-state index in [1.165, 1.54) is 18.3 Å². The Morgan fingerprint density at radius 3 is 2.50 bits per heavy atom. The van der Waals surface area contributed by atoms with E-state index in [0.717, 1.165) is 28.9 Å². The summed E-state index contributed by atoms with van der Waals surface area (Å²) in [5.41, 5.74) is 2.43. The van der Waals surface area contributed by atoms with Gasteiger partial charge in [0.25, 0.3) is 0 Å². The van der Waals surface area contributed by atoms with E-state index in [0.29, 0.717) is 28.7 Å². The summed E-state index contributed by atoms with van der Waals surface area (Å²) >= 11 is 0. The second-order valence-corrected chi connectivity index (χ2v) is 8.39. The average Bonchev–Trinajstić information content (AvgIpc) is 3.32. The lowest BCUT2D eigenvalue weighted by atomic mass is 10.0. The minimum Gasteiger partial charge on any atom is -0.339 e. The lowest BCUT2D eigenvalue weighted by Crippen LogP contribution is -2.15. The molecule has 38 heavy (non-hydrogen) atoms. The highest BCUT2D eigenvalue weighted by molar-refractivity contribution is 5.92. The SMILES string of the molecule is N#Cc1ccc(-c2cc3cc(-c4ccc(CC(=O)Nc5cncc(C(F)(F)F)c5)cc4F)cnc3[nH]2)cn1. The summed E-state index contributed by atoms with van der Waals surface area (Å²) in [6.07, 6.45) is 0.0178. The number of anilines is 1. The third-order valence-corrected chi connectivity index (χ3v) is 5.72. The maximum absolute atomic E-state index is 15.0. The lowest BCUT2D eigenvalue weighted by molar-refractivity contribution is -0.137. The molecule has 0 fully saturated rings. The molecule has 11 heteroatoms. The summed E-state index contributed by atoms with van der Waals surface area (Å²) in [4.78, 5) is 27.4. The van der Waals surface area contributed by atoms with Gasteiger partial charge in [0.15, 0.2) is 0 Å². The highest BCUT2D eigenvalue weighted by Crippen LogP contribution is 2.31. The number of hydrogen-bond donors (Lipinski definition) is 2. The molecule has 0 saturated carbocycles. The Hall–Kier alpha value is -5.11. The first-order valence-corrected chi connectivity index (χ1v) is 11.2. The molecule has 0 atom stereocenters. The minimum atomic E-state index is -4.59. The van der Waals surface area contributed by atoms with Crippen LogP contribution < -0.4 is 5.32 Å². The Morgan fingerprint density at radius 2 is 1.79 bits per heavy atom. The molecule has 7 nitrogen and oxygen atoms in total. The standard InChI is InChI=1S/C27H16F4N6O/c28-23-5-15(6-25(38)36-21-9-19(13-33-14-21)27(29,30)31)1-4-22(23)18-7-17-8-24(37-26(17)35-12-18)16-2-3-20(10-32)34-11-16/h1-5,7-9,11-14H,6H2,(H,35,37)(H,36,38). The molecule has 0 aliphatic rings. The molecular formula is C27H16F4N6O. The molecule has 5 aromatic rings. The van der Waals surface area contributed by atoms with Gasteiger partial charge in [0, 0.05) is 46.4 Å². The Balaban J connectivity index is 1.32. The molecule has 5 rings (SSSR count). The number of benzene rings is 1. The molecule has 0 spiro atoms. The van der Waals surface area contributed by atoms with Crippen molar-refractivity contribution < 1.29 is 22.4 Å². The van der Waals surface area contributed by atoms with E-state index in [1.54, 1.807) is 30.5 Å². The summed E-state index contributed by atoms with van der Waals surface area (Å²) in [5, 5.41) is 12.0. The smallest absolute Gasteiger partial charge is 0.339 e. The first-order valence-electron chi connectivity index (χ1n) is 11.2. The van der Waals surface area contributed by atoms with E-state index >= 15 is 4.39 Å². The van der Waals surface area contributed by atoms with Crippen molar-refractivity contribution in [3.8, 4) is 28.5 Å². The molecule has 188 valence electrons. The summed E-state index contributed by atoms with van der Waals surface area (Å²) in [6, 6.07) is 14.0. The van der Waals surface area contributed by atoms with Crippen molar-refractivity contribution in [1.29, 1.82) is 5.26 Å². The second-order valence-electron chi connectivity index (χ2n) is 8.39. The minimum absolute atomic E-state index is 0.107. The molecular weight excluding hydrogens is 500 g/mol. The fourth-order valence-electron chi connectivity index (χ4n) is 3.89. The van der Waals surface area contributed by atoms with E-state index in [2.05, 4.69) is 25.3 Å². The van der Waals surface area contributed by atoms with Gasteiger partial charge in [0.05, 0.1) is 23.9 Å². The number of carbonyl (C=O) groups is 1. The average molecular weight is 516 g/mol. The quantitative estimate of drug-likeness (QED) is 0.283. The molecule has 4 heterocycles. The predicted octanol–water partition coefficient (Wildman–Crippen LogP) is 5.90. The first kappa shape index (κ1) is 24.6. The first-order chi connectivity index (χ1) is 18.2. The van der Waals surface area contributed by atoms with Crippen LogP contribution in [0.5, 0.6) is 0 Å². The number of aromatic amines is 1. The Bertz CT molecular complexity index is 1700. The monoisotopic (exact) mass is 516 g/mol. The zero-order valence-electron chi connectivity index (χ0n) is 19.3. The highest BCUT2D eigenvalue weighted by Gasteiger charge is 2.31. The summed E-state index contributed by atoms with van der Waals surface area (Å²) in [6.45, 7) is 0. The van der Waals surface area contributed by atoms with Crippen molar-refractivity contribution in [2.45, 2.75) is 12.6 Å². The van der Waals surface area contributed by atoms with E-state index in [4.69, 9.17) is 5.26 Å². The Morgan fingerprint density at radius 1 is 0.974 bits per heavy atom. The van der Waals surface area contributed by atoms with Crippen LogP contribution in [-0.4, -0.2) is 25.8 Å². The van der Waals surface area contributed by atoms with Gasteiger partial charge in [-0.15, -0.1) is 0 Å². The van der Waals surface area contributed by atoms with E-state index in [9.17, 15) is 18.0 Å². The maximum atomic E-state index is 15.0. The normalized spacial score (nSPS) is 11.3. The van der Waals surface area contributed by atoms with Crippen molar-refractivity contribution in [2.75, 3.05) is 5.32 Å². The Labute approximate surface area is 212 Å². The van der Waals surface area contributed by atoms with E-state index in [1.807, 2.05) is 12.1 Å². The topological polar surface area (TPSA) is 107 Å². The van der Waals surface area contributed by atoms with Gasteiger partial charge in [0.2, 0.25) is 5.91 Å². The van der Waals surface area contributed by atoms with Crippen LogP contribution in [0, 0.1) is 17.1 Å². The maximum Gasteiger partial charge on any atom is 0.417 e. The number of hydrogen-bond acceptors (Lipinski definition) is 5. The van der Waals surface area contributed by atoms with Crippen LogP contribution in [0.3, 0.4) is 0 Å². The molecule has 1 aromatic carbocycles. The molecule has 0 radical (unpaired) electrons. The third-order valence-electron chi connectivity index (χ3n) is 5.72. The van der Waals surface area contributed by atoms with Crippen molar-refractivity contribution in [1.82, 2.24) is 19.9 Å². The Kier molecular flexibility index (Phi) is 6.30. The number of H-pyrrole nitrogens is 1. The van der Waals surface area contributed by atoms with Crippen LogP contribution in [0.15, 0.2) is 73.3 Å². The fraction of sp³-hybridized carbons (Fsp3) is 0.0741. The van der Waals surface area contributed by atoms with Crippen molar-refractivity contribution >= 4 is 22.6 Å². The number of carbonyl (C=O) groups excluding carboxylic acids is 1. The van der Waals surface area contributed by atoms with Gasteiger partial charge in [0.1, 0.15) is 23.2 Å². The second kappa shape index (κ2) is 9.74. The number of aromatic nitrogens is 4. The van der Waals surface area contributed by atoms with Crippen molar-refractivity contribution in [3.63, 3.8) is 0 Å². The van der Waals surface area contributed by atoms with Gasteiger partial charge in [-0.05, 0) is 42.0 Å². The van der Waals surface area contributed by atoms with E-state index < -0.39 is 23.5 Å². The molecule has 4 aromatic heterocycles. The number of amides is 1. The number of fused-ring (bicyclic) bond motifs is 1. The summed E-state index contributed by atoms with van der Waals surface area (Å²) in [7, 11) is 0. The van der Waals surface area contributed by atoms with Crippen LogP contribution in [0.2, 0.25) is 0 Å². The zero-order chi connectivity index (χ0) is 26.9. The van der Waals surface area contributed by atoms with Gasteiger partial charge in [-0.2, -0.15) is 18.4 Å². The van der Waals surface area contributed by atoms with Crippen LogP contribution in [0.1, 0.15) is 16.8 Å². The highest BCUT2D eigenvalue weighted by atomic mass is 19.4. The lowest BCUT2D eigenvalue weighted by Gasteiger charge is -2.10. The summed E-state index contributed by atoms with van der Waals surface area (Å²) in [5.74, 6) is -1.19. The molecule has 0 unspecified atom stereocenters. The molecule has 0 bridgehead atoms. The number of nitrogens with one attached hydrogen (secondary N) is 2. The predicted molar refractivity (Wildman–Crippen MR) is 131 cm³/mol. The van der Waals surface area contributed by atoms with Crippen LogP contribution in [-0.2, 0) is 17.4 Å². The van der Waals surface area contributed by atoms with Gasteiger partial charge in [-0.25, -0.2) is 14.4 Å². The van der Waals surface area contributed by atoms with Crippen molar-refractivity contribution in [2.24, 2.45) is 0 Å². The number of nitrogens with zero attached hydrogens (tertiary/aromatic N) is 4. The van der Waals surface area contributed by atoms with Gasteiger partial charge >= 0.3 is 6.18 Å².